The SMILES string of the molecule is [H-].[H-].[H-].[H-].[N-]=[N+]=[N][Ti+3].[NH4+]. The molecular weight excluding hydrogens is 104 g/mol. The van der Waals surface area contributed by atoms with Crippen LogP contribution >= 0.6 is 0 Å². The molecule has 0 saturated carbocycles. The molecule has 0 aliphatic rings. The zero-order valence-electron chi connectivity index (χ0n) is 6.84. The van der Waals surface area contributed by atoms with Crippen molar-refractivity contribution in [2.24, 2.45) is 3.60 Å². The summed E-state index contributed by atoms with van der Waals surface area (Å²) in [6.07, 6.45) is 0. The van der Waals surface area contributed by atoms with Crippen LogP contribution < -0.4 is 6.15 Å². The molecule has 5 heavy (non-hydrogen) atoms. The van der Waals surface area contributed by atoms with Gasteiger partial charge in [0.05, 0.1) is 0 Å². The van der Waals surface area contributed by atoms with Crippen molar-refractivity contribution in [3.05, 3.63) is 10.4 Å². The largest absolute Gasteiger partial charge is 0.369 e. The van der Waals surface area contributed by atoms with E-state index < -0.39 is 0 Å². The van der Waals surface area contributed by atoms with Crippen LogP contribution in [0.5, 0.6) is 0 Å². The Morgan fingerprint density at radius 3 is 2.20 bits per heavy atom. The Labute approximate surface area is 47.4 Å². The standard InChI is InChI=1S/N3.H3N.Ti.4H/c1-3-2;;;;;;/h;1H3;;;;;/q-1;;+4;4*-1/p+1. The molecule has 0 rings (SSSR count). The van der Waals surface area contributed by atoms with Gasteiger partial charge >= 0.3 is 34.7 Å². The summed E-state index contributed by atoms with van der Waals surface area (Å²) in [4.78, 5) is 2.36. The number of hydrogen-bond donors (Lipinski definition) is 1. The van der Waals surface area contributed by atoms with Crippen LogP contribution in [-0.4, -0.2) is 0 Å². The Morgan fingerprint density at radius 2 is 2.20 bits per heavy atom. The summed E-state index contributed by atoms with van der Waals surface area (Å²) in [6, 6.07) is 0. The summed E-state index contributed by atoms with van der Waals surface area (Å²) < 4.78 is 2.92. The molecule has 0 aliphatic carbocycles. The first-order chi connectivity index (χ1) is 1.91. The molecule has 0 atom stereocenters. The number of azide groups is 1. The van der Waals surface area contributed by atoms with Gasteiger partial charge < -0.3 is 11.9 Å². The van der Waals surface area contributed by atoms with Gasteiger partial charge in [-0.1, -0.05) is 0 Å². The van der Waals surface area contributed by atoms with Gasteiger partial charge in [-0.25, -0.2) is 0 Å². The molecule has 0 fully saturated rings. The number of rotatable bonds is 0. The Balaban J connectivity index is -0.00000000450. The van der Waals surface area contributed by atoms with Crippen molar-refractivity contribution in [3.63, 3.8) is 0 Å². The van der Waals surface area contributed by atoms with Gasteiger partial charge in [-0.05, 0) is 0 Å². The second-order valence-corrected chi connectivity index (χ2v) is 0.502. The molecule has 0 amide bonds. The van der Waals surface area contributed by atoms with Crippen LogP contribution in [0.2, 0.25) is 0 Å². The fraction of sp³-hybridized carbons (Fsp3) is 0. The zero-order valence-corrected chi connectivity index (χ0v) is 4.40. The van der Waals surface area contributed by atoms with Crippen molar-refractivity contribution in [2.45, 2.75) is 0 Å². The first kappa shape index (κ1) is 8.88. The second kappa shape index (κ2) is 9.01. The Bertz CT molecular complexity index is 50.5. The van der Waals surface area contributed by atoms with Crippen molar-refractivity contribution >= 4 is 0 Å². The molecule has 0 aromatic heterocycles. The molecule has 0 bridgehead atoms. The van der Waals surface area contributed by atoms with Crippen molar-refractivity contribution in [3.8, 4) is 0 Å². The summed E-state index contributed by atoms with van der Waals surface area (Å²) in [7, 11) is 0. The van der Waals surface area contributed by atoms with Gasteiger partial charge in [-0.2, -0.15) is 0 Å². The third kappa shape index (κ3) is 16.2. The van der Waals surface area contributed by atoms with E-state index in [1.807, 2.05) is 0 Å². The molecule has 4 nitrogen and oxygen atoms in total. The van der Waals surface area contributed by atoms with Crippen molar-refractivity contribution in [1.82, 2.24) is 6.15 Å². The van der Waals surface area contributed by atoms with E-state index in [1.165, 1.54) is 20.7 Å². The molecule has 5 heteroatoms. The van der Waals surface area contributed by atoms with Crippen LogP contribution in [0.1, 0.15) is 5.71 Å². The minimum atomic E-state index is 0. The average Bonchev–Trinajstić information content (AvgIpc) is 1.37. The molecular formula is H8N4Ti. The molecule has 4 N–H and O–H groups in total. The molecule has 0 radical (unpaired) electrons. The van der Waals surface area contributed by atoms with Gasteiger partial charge in [0, 0.05) is 0 Å². The number of quaternary nitrogens is 1. The minimum Gasteiger partial charge on any atom is -0.369 e. The smallest absolute Gasteiger partial charge is 0.369 e. The number of hydrogen-bond acceptors (Lipinski definition) is 1. The average molecular weight is 112 g/mol. The van der Waals surface area contributed by atoms with Crippen LogP contribution in [0.4, 0.5) is 0 Å². The monoisotopic (exact) mass is 112 g/mol. The molecule has 0 heterocycles. The van der Waals surface area contributed by atoms with Gasteiger partial charge in [0.15, 0.2) is 0 Å². The predicted octanol–water partition coefficient (Wildman–Crippen LogP) is 1.58. The summed E-state index contributed by atoms with van der Waals surface area (Å²) in [5, 5.41) is 0. The van der Waals surface area contributed by atoms with Gasteiger partial charge in [0.1, 0.15) is 0 Å². The molecule has 0 saturated heterocycles. The maximum Gasteiger partial charge on any atom is -0.369 e. The summed E-state index contributed by atoms with van der Waals surface area (Å²) in [5.74, 6) is 0. The maximum absolute atomic E-state index is 7.33. The fourth-order valence-electron chi connectivity index (χ4n) is 0. The number of nitrogens with zero attached hydrogens (tertiary/aromatic N) is 3. The van der Waals surface area contributed by atoms with Crippen LogP contribution in [0, 0.1) is 0 Å². The summed E-state index contributed by atoms with van der Waals surface area (Å²) >= 11 is 1.39. The van der Waals surface area contributed by atoms with Crippen LogP contribution in [0.25, 0.3) is 10.4 Å². The Kier molecular flexibility index (Phi) is 16.0. The van der Waals surface area contributed by atoms with E-state index in [0.29, 0.717) is 0 Å². The second-order valence-electron chi connectivity index (χ2n) is 0.189. The summed E-state index contributed by atoms with van der Waals surface area (Å²) in [5.41, 5.74) is 7.33. The van der Waals surface area contributed by atoms with Crippen LogP contribution in [0.15, 0.2) is 3.60 Å². The molecule has 0 spiro atoms. The van der Waals surface area contributed by atoms with Gasteiger partial charge in [-0.3, -0.25) is 0 Å². The predicted molar refractivity (Wildman–Crippen MR) is 19.6 cm³/mol. The third-order valence-electron chi connectivity index (χ3n) is 0.0447. The molecule has 0 aromatic rings. The molecule has 0 aromatic carbocycles. The fourth-order valence-corrected chi connectivity index (χ4v) is 0. The summed E-state index contributed by atoms with van der Waals surface area (Å²) in [6.45, 7) is 0. The molecule has 0 unspecified atom stereocenters. The van der Waals surface area contributed by atoms with E-state index in [2.05, 4.69) is 8.51 Å². The van der Waals surface area contributed by atoms with E-state index in [9.17, 15) is 0 Å². The normalized spacial score (nSPS) is 3.60. The van der Waals surface area contributed by atoms with Crippen LogP contribution in [0.3, 0.4) is 0 Å². The van der Waals surface area contributed by atoms with Crippen molar-refractivity contribution in [2.75, 3.05) is 0 Å². The van der Waals surface area contributed by atoms with E-state index >= 15 is 0 Å². The zero-order chi connectivity index (χ0) is 3.41. The molecule has 32 valence electrons. The van der Waals surface area contributed by atoms with E-state index in [-0.39, 0.29) is 11.9 Å². The van der Waals surface area contributed by atoms with Gasteiger partial charge in [0.25, 0.3) is 0 Å². The quantitative estimate of drug-likeness (QED) is 0.213. The van der Waals surface area contributed by atoms with E-state index in [4.69, 9.17) is 5.53 Å². The van der Waals surface area contributed by atoms with E-state index in [1.54, 1.807) is 0 Å². The first-order valence-electron chi connectivity index (χ1n) is 0.624. The van der Waals surface area contributed by atoms with Crippen LogP contribution in [-0.2, 0) is 20.7 Å². The van der Waals surface area contributed by atoms with Crippen molar-refractivity contribution < 1.29 is 26.4 Å². The van der Waals surface area contributed by atoms with Gasteiger partial charge in [0.2, 0.25) is 0 Å². The molecule has 0 aliphatic heterocycles. The third-order valence-corrected chi connectivity index (χ3v) is 0.184. The Hall–Kier alpha value is -0.0157. The maximum atomic E-state index is 7.33. The first-order valence-corrected chi connectivity index (χ1v) is 1.32. The van der Waals surface area contributed by atoms with Gasteiger partial charge in [-0.15, -0.1) is 0 Å². The Morgan fingerprint density at radius 1 is 2.00 bits per heavy atom. The van der Waals surface area contributed by atoms with Crippen molar-refractivity contribution in [1.29, 1.82) is 0 Å². The topological polar surface area (TPSA) is 85.3 Å². The van der Waals surface area contributed by atoms with E-state index in [0.717, 1.165) is 0 Å². The minimum absolute atomic E-state index is 0.